The Hall–Kier alpha value is -0.160. The van der Waals surface area contributed by atoms with Gasteiger partial charge < -0.3 is 20.4 Å². The Morgan fingerprint density at radius 1 is 0.700 bits per heavy atom. The third-order valence-corrected chi connectivity index (χ3v) is 1.90. The molecule has 1 fully saturated rings. The fraction of sp³-hybridized carbons (Fsp3) is 1.00. The molecule has 1 saturated carbocycles. The average Bonchev–Trinajstić information content (AvgIpc) is 1.93. The first-order chi connectivity index (χ1) is 4.63. The highest BCUT2D eigenvalue weighted by molar-refractivity contribution is 4.86. The fourth-order valence-electron chi connectivity index (χ4n) is 1.14. The maximum atomic E-state index is 8.96. The van der Waals surface area contributed by atoms with E-state index in [-0.39, 0.29) is 0 Å². The van der Waals surface area contributed by atoms with E-state index in [4.69, 9.17) is 20.4 Å². The lowest BCUT2D eigenvalue weighted by atomic mass is 9.90. The monoisotopic (exact) mass is 148 g/mol. The maximum Gasteiger partial charge on any atom is 0.108 e. The summed E-state index contributed by atoms with van der Waals surface area (Å²) in [6.07, 6.45) is -3.47. The molecule has 4 N–H and O–H groups in total. The normalized spacial score (nSPS) is 49.2. The van der Waals surface area contributed by atoms with Crippen LogP contribution in [0.1, 0.15) is 12.8 Å². The number of aliphatic hydroxyl groups is 4. The van der Waals surface area contributed by atoms with Crippen LogP contribution in [-0.4, -0.2) is 44.8 Å². The molecule has 60 valence electrons. The molecule has 1 rings (SSSR count). The molecule has 4 atom stereocenters. The minimum atomic E-state index is -1.19. The Morgan fingerprint density at radius 3 is 1.30 bits per heavy atom. The van der Waals surface area contributed by atoms with E-state index in [0.29, 0.717) is 12.8 Å². The Labute approximate surface area is 58.7 Å². The van der Waals surface area contributed by atoms with Crippen molar-refractivity contribution in [3.63, 3.8) is 0 Å². The Kier molecular flexibility index (Phi) is 2.25. The van der Waals surface area contributed by atoms with Crippen molar-refractivity contribution in [1.82, 2.24) is 0 Å². The second kappa shape index (κ2) is 2.84. The van der Waals surface area contributed by atoms with Gasteiger partial charge in [-0.3, -0.25) is 0 Å². The zero-order valence-electron chi connectivity index (χ0n) is 5.51. The summed E-state index contributed by atoms with van der Waals surface area (Å²) in [5, 5.41) is 35.8. The molecule has 0 saturated heterocycles. The summed E-state index contributed by atoms with van der Waals surface area (Å²) >= 11 is 0. The van der Waals surface area contributed by atoms with E-state index < -0.39 is 24.4 Å². The van der Waals surface area contributed by atoms with E-state index in [0.717, 1.165) is 0 Å². The van der Waals surface area contributed by atoms with E-state index in [2.05, 4.69) is 0 Å². The Morgan fingerprint density at radius 2 is 1.00 bits per heavy atom. The van der Waals surface area contributed by atoms with Gasteiger partial charge >= 0.3 is 0 Å². The summed E-state index contributed by atoms with van der Waals surface area (Å²) in [6.45, 7) is 0. The largest absolute Gasteiger partial charge is 0.390 e. The topological polar surface area (TPSA) is 80.9 Å². The summed E-state index contributed by atoms with van der Waals surface area (Å²) in [7, 11) is 0. The second-order valence-electron chi connectivity index (χ2n) is 2.69. The summed E-state index contributed by atoms with van der Waals surface area (Å²) in [6, 6.07) is 0. The SMILES string of the molecule is OC1CC[C@@H](O)[C@@H](O)[C@@H]1O. The molecule has 1 aliphatic rings. The van der Waals surface area contributed by atoms with Crippen molar-refractivity contribution in [2.75, 3.05) is 0 Å². The lowest BCUT2D eigenvalue weighted by molar-refractivity contribution is -0.135. The molecule has 10 heavy (non-hydrogen) atoms. The highest BCUT2D eigenvalue weighted by Crippen LogP contribution is 2.19. The van der Waals surface area contributed by atoms with Crippen molar-refractivity contribution in [1.29, 1.82) is 0 Å². The first-order valence-corrected chi connectivity index (χ1v) is 3.35. The van der Waals surface area contributed by atoms with Gasteiger partial charge in [0.25, 0.3) is 0 Å². The lowest BCUT2D eigenvalue weighted by Gasteiger charge is -2.31. The summed E-state index contributed by atoms with van der Waals surface area (Å²) in [4.78, 5) is 0. The molecule has 0 aromatic carbocycles. The molecular formula is C6H12O4. The van der Waals surface area contributed by atoms with Crippen molar-refractivity contribution in [2.45, 2.75) is 37.3 Å². The third kappa shape index (κ3) is 1.29. The predicted octanol–water partition coefficient (Wildman–Crippen LogP) is -1.78. The van der Waals surface area contributed by atoms with E-state index in [1.54, 1.807) is 0 Å². The molecule has 0 aromatic rings. The summed E-state index contributed by atoms with van der Waals surface area (Å²) in [5.41, 5.74) is 0. The van der Waals surface area contributed by atoms with Gasteiger partial charge in [-0.05, 0) is 12.8 Å². The molecule has 0 spiro atoms. The molecule has 0 amide bonds. The smallest absolute Gasteiger partial charge is 0.108 e. The lowest BCUT2D eigenvalue weighted by Crippen LogP contribution is -2.48. The van der Waals surface area contributed by atoms with Gasteiger partial charge in [0.2, 0.25) is 0 Å². The zero-order valence-corrected chi connectivity index (χ0v) is 5.51. The van der Waals surface area contributed by atoms with Crippen molar-refractivity contribution >= 4 is 0 Å². The van der Waals surface area contributed by atoms with E-state index >= 15 is 0 Å². The predicted molar refractivity (Wildman–Crippen MR) is 33.3 cm³/mol. The first-order valence-electron chi connectivity index (χ1n) is 3.35. The zero-order chi connectivity index (χ0) is 7.72. The minimum Gasteiger partial charge on any atom is -0.390 e. The molecule has 1 unspecified atom stereocenters. The summed E-state index contributed by atoms with van der Waals surface area (Å²) < 4.78 is 0. The standard InChI is InChI=1S/C6H12O4/c7-3-1-2-4(8)6(10)5(3)9/h3-10H,1-2H2/t3-,4?,5-,6-/m1/s1. The van der Waals surface area contributed by atoms with Crippen LogP contribution < -0.4 is 0 Å². The van der Waals surface area contributed by atoms with Crippen LogP contribution in [0.5, 0.6) is 0 Å². The quantitative estimate of drug-likeness (QED) is 0.327. The number of hydrogen-bond donors (Lipinski definition) is 4. The minimum absolute atomic E-state index is 0.347. The van der Waals surface area contributed by atoms with E-state index in [1.165, 1.54) is 0 Å². The molecule has 4 nitrogen and oxygen atoms in total. The molecule has 4 heteroatoms. The number of hydrogen-bond acceptors (Lipinski definition) is 4. The van der Waals surface area contributed by atoms with Crippen LogP contribution in [-0.2, 0) is 0 Å². The number of rotatable bonds is 0. The van der Waals surface area contributed by atoms with Gasteiger partial charge in [-0.1, -0.05) is 0 Å². The van der Waals surface area contributed by atoms with Crippen LogP contribution in [0.15, 0.2) is 0 Å². The van der Waals surface area contributed by atoms with Gasteiger partial charge in [0.1, 0.15) is 12.2 Å². The van der Waals surface area contributed by atoms with Crippen molar-refractivity contribution < 1.29 is 20.4 Å². The van der Waals surface area contributed by atoms with Gasteiger partial charge in [-0.2, -0.15) is 0 Å². The Bertz CT molecular complexity index is 102. The maximum absolute atomic E-state index is 8.96. The third-order valence-electron chi connectivity index (χ3n) is 1.90. The van der Waals surface area contributed by atoms with E-state index in [9.17, 15) is 0 Å². The fourth-order valence-corrected chi connectivity index (χ4v) is 1.14. The van der Waals surface area contributed by atoms with Crippen LogP contribution >= 0.6 is 0 Å². The van der Waals surface area contributed by atoms with Crippen LogP contribution in [0, 0.1) is 0 Å². The molecule has 0 aromatic heterocycles. The molecule has 0 aliphatic heterocycles. The highest BCUT2D eigenvalue weighted by Gasteiger charge is 2.34. The number of aliphatic hydroxyl groups excluding tert-OH is 4. The van der Waals surface area contributed by atoms with Crippen molar-refractivity contribution in [3.05, 3.63) is 0 Å². The van der Waals surface area contributed by atoms with Gasteiger partial charge in [0, 0.05) is 0 Å². The molecular weight excluding hydrogens is 136 g/mol. The van der Waals surface area contributed by atoms with Crippen LogP contribution in [0.2, 0.25) is 0 Å². The first kappa shape index (κ1) is 7.94. The van der Waals surface area contributed by atoms with Gasteiger partial charge in [-0.25, -0.2) is 0 Å². The van der Waals surface area contributed by atoms with Crippen LogP contribution in [0.4, 0.5) is 0 Å². The Balaban J connectivity index is 2.52. The molecule has 0 radical (unpaired) electrons. The van der Waals surface area contributed by atoms with Crippen molar-refractivity contribution in [3.8, 4) is 0 Å². The average molecular weight is 148 g/mol. The van der Waals surface area contributed by atoms with Crippen LogP contribution in [0.3, 0.4) is 0 Å². The van der Waals surface area contributed by atoms with Crippen molar-refractivity contribution in [2.24, 2.45) is 0 Å². The van der Waals surface area contributed by atoms with Crippen LogP contribution in [0.25, 0.3) is 0 Å². The van der Waals surface area contributed by atoms with E-state index in [1.807, 2.05) is 0 Å². The van der Waals surface area contributed by atoms with Gasteiger partial charge in [0.05, 0.1) is 12.2 Å². The summed E-state index contributed by atoms with van der Waals surface area (Å²) in [5.74, 6) is 0. The molecule has 0 bridgehead atoms. The highest BCUT2D eigenvalue weighted by atomic mass is 16.4. The molecule has 0 heterocycles. The van der Waals surface area contributed by atoms with Gasteiger partial charge in [-0.15, -0.1) is 0 Å². The van der Waals surface area contributed by atoms with Gasteiger partial charge in [0.15, 0.2) is 0 Å². The second-order valence-corrected chi connectivity index (χ2v) is 2.69. The molecule has 1 aliphatic carbocycles.